The van der Waals surface area contributed by atoms with Crippen molar-refractivity contribution in [1.29, 1.82) is 0 Å². The summed E-state index contributed by atoms with van der Waals surface area (Å²) in [7, 11) is 0. The number of aromatic nitrogens is 2. The molecule has 2 N–H and O–H groups in total. The van der Waals surface area contributed by atoms with E-state index in [0.29, 0.717) is 6.42 Å². The minimum absolute atomic E-state index is 0.232. The molecule has 0 aliphatic heterocycles. The van der Waals surface area contributed by atoms with E-state index in [1.54, 1.807) is 17.4 Å². The number of aromatic hydroxyl groups is 1. The number of nitrogens with zero attached hydrogens (tertiary/aromatic N) is 1. The van der Waals surface area contributed by atoms with Gasteiger partial charge >= 0.3 is 6.18 Å². The molecule has 2 heterocycles. The van der Waals surface area contributed by atoms with Gasteiger partial charge in [-0.3, -0.25) is 0 Å². The van der Waals surface area contributed by atoms with Gasteiger partial charge in [-0.2, -0.15) is 13.2 Å². The minimum Gasteiger partial charge on any atom is -0.507 e. The first-order chi connectivity index (χ1) is 17.4. The minimum atomic E-state index is -4.03. The summed E-state index contributed by atoms with van der Waals surface area (Å²) in [6.45, 7) is 0. The zero-order valence-electron chi connectivity index (χ0n) is 20.0. The van der Waals surface area contributed by atoms with Gasteiger partial charge in [0.1, 0.15) is 10.8 Å². The number of H-pyrrole nitrogens is 1. The summed E-state index contributed by atoms with van der Waals surface area (Å²) in [5.41, 5.74) is 5.10. The van der Waals surface area contributed by atoms with E-state index in [2.05, 4.69) is 23.2 Å². The highest BCUT2D eigenvalue weighted by Crippen LogP contribution is 2.40. The highest BCUT2D eigenvalue weighted by molar-refractivity contribution is 7.21. The van der Waals surface area contributed by atoms with Crippen molar-refractivity contribution < 1.29 is 18.3 Å². The molecule has 0 aliphatic carbocycles. The average Bonchev–Trinajstić information content (AvgIpc) is 3.44. The maximum absolute atomic E-state index is 12.2. The standard InChI is InChI=1S/C29H29F3N2OS/c30-29(31,32)16-9-5-3-1-2-4-6-11-19-17-20-26-23(13-10-14-24(26)35)33-27(20)21(18-19)28-34-22-12-7-8-15-25(22)36-28/h7-8,10,12-15,17-18,33,35H,1-6,9,11,16H2. The number of thiazole rings is 1. The number of nitrogens with one attached hydrogen (secondary N) is 1. The molecule has 0 saturated carbocycles. The molecule has 0 aliphatic rings. The highest BCUT2D eigenvalue weighted by Gasteiger charge is 2.25. The Hall–Kier alpha value is -3.06. The van der Waals surface area contributed by atoms with Crippen LogP contribution >= 0.6 is 11.3 Å². The van der Waals surface area contributed by atoms with E-state index in [1.165, 1.54) is 5.56 Å². The van der Waals surface area contributed by atoms with Crippen molar-refractivity contribution in [3.8, 4) is 16.3 Å². The monoisotopic (exact) mass is 510 g/mol. The number of alkyl halides is 3. The molecule has 0 fully saturated rings. The molecule has 0 saturated heterocycles. The van der Waals surface area contributed by atoms with Crippen molar-refractivity contribution >= 4 is 43.4 Å². The number of fused-ring (bicyclic) bond motifs is 4. The Labute approximate surface area is 212 Å². The van der Waals surface area contributed by atoms with Gasteiger partial charge in [-0.25, -0.2) is 4.98 Å². The van der Waals surface area contributed by atoms with Crippen LogP contribution in [0, 0.1) is 0 Å². The van der Waals surface area contributed by atoms with Crippen LogP contribution in [0.25, 0.3) is 42.6 Å². The van der Waals surface area contributed by atoms with E-state index in [-0.39, 0.29) is 12.2 Å². The predicted octanol–water partition coefficient (Wildman–Crippen LogP) is 9.53. The third kappa shape index (κ3) is 5.51. The Morgan fingerprint density at radius 1 is 0.861 bits per heavy atom. The summed E-state index contributed by atoms with van der Waals surface area (Å²) >= 11 is 1.67. The molecule has 0 atom stereocenters. The Bertz CT molecular complexity index is 1450. The Morgan fingerprint density at radius 2 is 1.61 bits per heavy atom. The molecule has 188 valence electrons. The molecule has 0 amide bonds. The van der Waals surface area contributed by atoms with Crippen LogP contribution in [0.1, 0.15) is 56.9 Å². The lowest BCUT2D eigenvalue weighted by Crippen LogP contribution is -2.06. The zero-order valence-corrected chi connectivity index (χ0v) is 20.8. The van der Waals surface area contributed by atoms with Gasteiger partial charge in [0, 0.05) is 22.8 Å². The van der Waals surface area contributed by atoms with Gasteiger partial charge in [0.25, 0.3) is 0 Å². The van der Waals surface area contributed by atoms with Crippen molar-refractivity contribution in [2.45, 2.75) is 64.0 Å². The fourth-order valence-corrected chi connectivity index (χ4v) is 5.92. The first kappa shape index (κ1) is 24.6. The van der Waals surface area contributed by atoms with Crippen LogP contribution < -0.4 is 0 Å². The number of phenols is 1. The van der Waals surface area contributed by atoms with Gasteiger partial charge in [-0.05, 0) is 61.2 Å². The van der Waals surface area contributed by atoms with E-state index in [1.807, 2.05) is 30.3 Å². The molecule has 5 rings (SSSR count). The summed E-state index contributed by atoms with van der Waals surface area (Å²) in [5, 5.41) is 13.4. The molecule has 7 heteroatoms. The third-order valence-electron chi connectivity index (χ3n) is 6.72. The summed E-state index contributed by atoms with van der Waals surface area (Å²) in [5.74, 6) is 0.261. The molecule has 5 aromatic rings. The second-order valence-corrected chi connectivity index (χ2v) is 10.5. The zero-order chi connectivity index (χ0) is 25.1. The Balaban J connectivity index is 1.33. The smallest absolute Gasteiger partial charge is 0.389 e. The highest BCUT2D eigenvalue weighted by atomic mass is 32.1. The molecule has 3 nitrogen and oxygen atoms in total. The average molecular weight is 511 g/mol. The summed E-state index contributed by atoms with van der Waals surface area (Å²) in [4.78, 5) is 8.40. The maximum Gasteiger partial charge on any atom is 0.389 e. The number of para-hydroxylation sites is 1. The van der Waals surface area contributed by atoms with Crippen LogP contribution in [0.15, 0.2) is 54.6 Å². The number of phenolic OH excluding ortho intramolecular Hbond substituents is 1. The lowest BCUT2D eigenvalue weighted by molar-refractivity contribution is -0.135. The first-order valence-electron chi connectivity index (χ1n) is 12.6. The molecular formula is C29H29F3N2OS. The van der Waals surface area contributed by atoms with Gasteiger partial charge in [-0.15, -0.1) is 11.3 Å². The Morgan fingerprint density at radius 3 is 2.39 bits per heavy atom. The van der Waals surface area contributed by atoms with Crippen LogP contribution in [0.4, 0.5) is 13.2 Å². The SMILES string of the molecule is Oc1cccc2[nH]c3c(-c4nc5ccccc5s4)cc(CCCCCCCCCC(F)(F)F)cc3c12. The summed E-state index contributed by atoms with van der Waals surface area (Å²) in [6.07, 6.45) is 2.01. The lowest BCUT2D eigenvalue weighted by atomic mass is 9.99. The third-order valence-corrected chi connectivity index (χ3v) is 7.79. The van der Waals surface area contributed by atoms with Crippen LogP contribution in [0.5, 0.6) is 5.75 Å². The first-order valence-corrected chi connectivity index (χ1v) is 13.4. The largest absolute Gasteiger partial charge is 0.507 e. The van der Waals surface area contributed by atoms with Crippen molar-refractivity contribution in [3.63, 3.8) is 0 Å². The number of hydrogen-bond donors (Lipinski definition) is 2. The summed E-state index contributed by atoms with van der Waals surface area (Å²) < 4.78 is 37.9. The van der Waals surface area contributed by atoms with Crippen LogP contribution in [-0.4, -0.2) is 21.3 Å². The number of hydrogen-bond acceptors (Lipinski definition) is 3. The number of halogens is 3. The van der Waals surface area contributed by atoms with Crippen molar-refractivity contribution in [2.75, 3.05) is 0 Å². The molecule has 0 spiro atoms. The van der Waals surface area contributed by atoms with Gasteiger partial charge in [0.05, 0.1) is 21.3 Å². The summed E-state index contributed by atoms with van der Waals surface area (Å²) in [6, 6.07) is 18.0. The van der Waals surface area contributed by atoms with Gasteiger partial charge in [-0.1, -0.05) is 50.3 Å². The van der Waals surface area contributed by atoms with Crippen LogP contribution in [-0.2, 0) is 6.42 Å². The lowest BCUT2D eigenvalue weighted by Gasteiger charge is -2.08. The molecule has 3 aromatic carbocycles. The topological polar surface area (TPSA) is 48.9 Å². The van der Waals surface area contributed by atoms with E-state index < -0.39 is 12.6 Å². The van der Waals surface area contributed by atoms with E-state index >= 15 is 0 Å². The van der Waals surface area contributed by atoms with Crippen molar-refractivity contribution in [2.24, 2.45) is 0 Å². The second kappa shape index (κ2) is 10.5. The number of aromatic amines is 1. The van der Waals surface area contributed by atoms with Crippen molar-refractivity contribution in [1.82, 2.24) is 9.97 Å². The molecule has 0 unspecified atom stereocenters. The molecule has 2 aromatic heterocycles. The predicted molar refractivity (Wildman–Crippen MR) is 143 cm³/mol. The van der Waals surface area contributed by atoms with Crippen molar-refractivity contribution in [3.05, 3.63) is 60.2 Å². The van der Waals surface area contributed by atoms with E-state index in [4.69, 9.17) is 4.98 Å². The van der Waals surface area contributed by atoms with Gasteiger partial charge in [0.15, 0.2) is 0 Å². The molecule has 0 radical (unpaired) electrons. The molecule has 0 bridgehead atoms. The molecular weight excluding hydrogens is 481 g/mol. The van der Waals surface area contributed by atoms with Crippen LogP contribution in [0.2, 0.25) is 0 Å². The maximum atomic E-state index is 12.2. The fourth-order valence-electron chi connectivity index (χ4n) is 4.93. The normalized spacial score (nSPS) is 12.3. The fraction of sp³-hybridized carbons (Fsp3) is 0.345. The quantitative estimate of drug-likeness (QED) is 0.184. The number of rotatable bonds is 10. The van der Waals surface area contributed by atoms with Crippen LogP contribution in [0.3, 0.4) is 0 Å². The molecule has 36 heavy (non-hydrogen) atoms. The number of unbranched alkanes of at least 4 members (excludes halogenated alkanes) is 6. The van der Waals surface area contributed by atoms with Gasteiger partial charge < -0.3 is 10.1 Å². The number of aryl methyl sites for hydroxylation is 1. The number of benzene rings is 3. The second-order valence-electron chi connectivity index (χ2n) is 9.47. The Kier molecular flexibility index (Phi) is 7.19. The van der Waals surface area contributed by atoms with E-state index in [0.717, 1.165) is 81.1 Å². The van der Waals surface area contributed by atoms with E-state index in [9.17, 15) is 18.3 Å². The van der Waals surface area contributed by atoms with Gasteiger partial charge in [0.2, 0.25) is 0 Å².